The minimum absolute atomic E-state index is 0. The topological polar surface area (TPSA) is 120 Å². The lowest BCUT2D eigenvalue weighted by atomic mass is 10.2. The number of rotatable bonds is 1. The largest absolute Gasteiger partial charge is 0.744 e. The van der Waals surface area contributed by atoms with Gasteiger partial charge in [0, 0.05) is 0 Å². The van der Waals surface area contributed by atoms with Gasteiger partial charge in [-0.3, -0.25) is 0 Å². The number of aryl methyl sites for hydroxylation is 1. The Morgan fingerprint density at radius 3 is 1.77 bits per heavy atom. The molecule has 0 unspecified atom stereocenters. The van der Waals surface area contributed by atoms with E-state index >= 15 is 0 Å². The van der Waals surface area contributed by atoms with Gasteiger partial charge in [-0.05, 0) is 19.1 Å². The molecule has 13 heavy (non-hydrogen) atoms. The number of benzene rings is 1. The second-order valence-electron chi connectivity index (χ2n) is 2.27. The van der Waals surface area contributed by atoms with Crippen LogP contribution in [0.2, 0.25) is 0 Å². The van der Waals surface area contributed by atoms with Crippen molar-refractivity contribution in [2.24, 2.45) is 0 Å². The Morgan fingerprint density at radius 1 is 1.08 bits per heavy atom. The van der Waals surface area contributed by atoms with Gasteiger partial charge in [-0.25, -0.2) is 8.42 Å². The summed E-state index contributed by atoms with van der Waals surface area (Å²) in [5, 5.41) is 0. The molecule has 0 aliphatic rings. The molecule has 6 heteroatoms. The van der Waals surface area contributed by atoms with Crippen LogP contribution in [-0.2, 0) is 10.1 Å². The van der Waals surface area contributed by atoms with Crippen molar-refractivity contribution in [2.45, 2.75) is 11.8 Å². The molecule has 4 N–H and O–H groups in total. The Balaban J connectivity index is 0. The van der Waals surface area contributed by atoms with E-state index in [4.69, 9.17) is 0 Å². The summed E-state index contributed by atoms with van der Waals surface area (Å²) < 4.78 is 31.2. The van der Waals surface area contributed by atoms with Crippen LogP contribution in [0.1, 0.15) is 5.56 Å². The van der Waals surface area contributed by atoms with Crippen LogP contribution >= 0.6 is 0 Å². The van der Waals surface area contributed by atoms with Gasteiger partial charge in [0.1, 0.15) is 10.1 Å². The molecule has 0 radical (unpaired) electrons. The molecule has 1 rings (SSSR count). The Bertz CT molecular complexity index is 340. The molecule has 0 spiro atoms. The molecule has 0 aliphatic carbocycles. The molecule has 1 aromatic rings. The van der Waals surface area contributed by atoms with Crippen LogP contribution < -0.4 is 0 Å². The standard InChI is InChI=1S/C7H8O3S.2H2O/c1-6-2-4-7(5-3-6)11(8,9)10;;/h2-5H,1H3,(H,8,9,10);2*1H2/p-1. The summed E-state index contributed by atoms with van der Waals surface area (Å²) in [5.41, 5.74) is 0.928. The van der Waals surface area contributed by atoms with Gasteiger partial charge in [0.25, 0.3) is 0 Å². The molecule has 0 aromatic heterocycles. The zero-order valence-electron chi connectivity index (χ0n) is 6.94. The van der Waals surface area contributed by atoms with E-state index in [1.54, 1.807) is 12.1 Å². The Kier molecular flexibility index (Phi) is 5.52. The third kappa shape index (κ3) is 4.00. The van der Waals surface area contributed by atoms with E-state index in [-0.39, 0.29) is 15.8 Å². The fourth-order valence-electron chi connectivity index (χ4n) is 0.705. The molecular formula is C7H11O5S-. The lowest BCUT2D eigenvalue weighted by Crippen LogP contribution is -1.97. The molecule has 0 saturated heterocycles. The molecule has 0 aliphatic heterocycles. The van der Waals surface area contributed by atoms with E-state index in [1.807, 2.05) is 6.92 Å². The fraction of sp³-hybridized carbons (Fsp3) is 0.143. The summed E-state index contributed by atoms with van der Waals surface area (Å²) in [6.07, 6.45) is 0. The van der Waals surface area contributed by atoms with E-state index in [9.17, 15) is 13.0 Å². The first-order valence-electron chi connectivity index (χ1n) is 3.03. The normalized spacial score (nSPS) is 9.69. The van der Waals surface area contributed by atoms with Gasteiger partial charge < -0.3 is 15.5 Å². The molecule has 0 fully saturated rings. The summed E-state index contributed by atoms with van der Waals surface area (Å²) in [4.78, 5) is -0.178. The highest BCUT2D eigenvalue weighted by atomic mass is 32.2. The van der Waals surface area contributed by atoms with Gasteiger partial charge in [-0.15, -0.1) is 0 Å². The van der Waals surface area contributed by atoms with Crippen molar-refractivity contribution in [3.8, 4) is 0 Å². The second-order valence-corrected chi connectivity index (χ2v) is 3.65. The van der Waals surface area contributed by atoms with Crippen molar-refractivity contribution in [3.05, 3.63) is 29.8 Å². The smallest absolute Gasteiger partial charge is 0.124 e. The van der Waals surface area contributed by atoms with E-state index in [2.05, 4.69) is 0 Å². The maximum absolute atomic E-state index is 10.4. The first-order chi connectivity index (χ1) is 5.00. The zero-order chi connectivity index (χ0) is 8.48. The minimum Gasteiger partial charge on any atom is -0.744 e. The third-order valence-corrected chi connectivity index (χ3v) is 2.16. The van der Waals surface area contributed by atoms with Crippen molar-refractivity contribution in [2.75, 3.05) is 0 Å². The fourth-order valence-corrected chi connectivity index (χ4v) is 1.17. The summed E-state index contributed by atoms with van der Waals surface area (Å²) in [6.45, 7) is 1.82. The van der Waals surface area contributed by atoms with Gasteiger partial charge in [-0.2, -0.15) is 0 Å². The molecule has 0 bridgehead atoms. The third-order valence-electron chi connectivity index (χ3n) is 1.31. The lowest BCUT2D eigenvalue weighted by molar-refractivity contribution is 0.463. The van der Waals surface area contributed by atoms with Gasteiger partial charge in [0.15, 0.2) is 0 Å². The van der Waals surface area contributed by atoms with E-state index < -0.39 is 10.1 Å². The zero-order valence-corrected chi connectivity index (χ0v) is 7.76. The van der Waals surface area contributed by atoms with Crippen molar-refractivity contribution >= 4 is 10.1 Å². The predicted octanol–water partition coefficient (Wildman–Crippen LogP) is -0.750. The summed E-state index contributed by atoms with van der Waals surface area (Å²) >= 11 is 0. The minimum atomic E-state index is -4.27. The van der Waals surface area contributed by atoms with Crippen LogP contribution in [0.25, 0.3) is 0 Å². The molecule has 76 valence electrons. The number of hydrogen-bond donors (Lipinski definition) is 0. The van der Waals surface area contributed by atoms with E-state index in [1.165, 1.54) is 12.1 Å². The van der Waals surface area contributed by atoms with Crippen molar-refractivity contribution in [1.82, 2.24) is 0 Å². The average Bonchev–Trinajstić information content (AvgIpc) is 1.86. The van der Waals surface area contributed by atoms with Crippen LogP contribution in [0.4, 0.5) is 0 Å². The molecule has 0 amide bonds. The molecule has 0 atom stereocenters. The van der Waals surface area contributed by atoms with Crippen molar-refractivity contribution in [1.29, 1.82) is 0 Å². The quantitative estimate of drug-likeness (QED) is 0.563. The van der Waals surface area contributed by atoms with Gasteiger partial charge in [0.05, 0.1) is 4.90 Å². The first kappa shape index (κ1) is 14.6. The Labute approximate surface area is 76.4 Å². The summed E-state index contributed by atoms with van der Waals surface area (Å²) in [7, 11) is -4.27. The lowest BCUT2D eigenvalue weighted by Gasteiger charge is -2.05. The van der Waals surface area contributed by atoms with Gasteiger partial charge in [0.2, 0.25) is 0 Å². The van der Waals surface area contributed by atoms with Gasteiger partial charge >= 0.3 is 0 Å². The van der Waals surface area contributed by atoms with Gasteiger partial charge in [-0.1, -0.05) is 17.7 Å². The molecule has 0 saturated carbocycles. The predicted molar refractivity (Wildman–Crippen MR) is 46.4 cm³/mol. The molecule has 0 heterocycles. The molecular weight excluding hydrogens is 196 g/mol. The van der Waals surface area contributed by atoms with Crippen LogP contribution in [-0.4, -0.2) is 23.9 Å². The maximum atomic E-state index is 10.4. The molecule has 1 aromatic carbocycles. The highest BCUT2D eigenvalue weighted by Gasteiger charge is 1.97. The summed E-state index contributed by atoms with van der Waals surface area (Å²) in [6, 6.07) is 5.78. The highest BCUT2D eigenvalue weighted by molar-refractivity contribution is 7.85. The molecule has 5 nitrogen and oxygen atoms in total. The van der Waals surface area contributed by atoms with E-state index in [0.717, 1.165) is 5.56 Å². The SMILES string of the molecule is Cc1ccc(S(=O)(=O)[O-])cc1.O.O. The second kappa shape index (κ2) is 4.93. The van der Waals surface area contributed by atoms with E-state index in [0.29, 0.717) is 0 Å². The maximum Gasteiger partial charge on any atom is 0.124 e. The number of hydrogen-bond acceptors (Lipinski definition) is 3. The van der Waals surface area contributed by atoms with Crippen LogP contribution in [0.5, 0.6) is 0 Å². The average molecular weight is 207 g/mol. The Hall–Kier alpha value is -0.950. The van der Waals surface area contributed by atoms with Crippen LogP contribution in [0.15, 0.2) is 29.2 Å². The van der Waals surface area contributed by atoms with Crippen LogP contribution in [0.3, 0.4) is 0 Å². The van der Waals surface area contributed by atoms with Crippen LogP contribution in [0, 0.1) is 6.92 Å². The van der Waals surface area contributed by atoms with Crippen molar-refractivity contribution in [3.63, 3.8) is 0 Å². The Morgan fingerprint density at radius 2 is 1.46 bits per heavy atom. The monoisotopic (exact) mass is 207 g/mol. The summed E-state index contributed by atoms with van der Waals surface area (Å²) in [5.74, 6) is 0. The highest BCUT2D eigenvalue weighted by Crippen LogP contribution is 2.08. The van der Waals surface area contributed by atoms with Crippen molar-refractivity contribution < 1.29 is 23.9 Å². The first-order valence-corrected chi connectivity index (χ1v) is 4.43.